The molecule has 2 heteroatoms. The van der Waals surface area contributed by atoms with Gasteiger partial charge in [0.1, 0.15) is 0 Å². The van der Waals surface area contributed by atoms with Crippen LogP contribution in [0.25, 0.3) is 0 Å². The Labute approximate surface area is 78.5 Å². The van der Waals surface area contributed by atoms with Gasteiger partial charge in [-0.1, -0.05) is 31.2 Å². The van der Waals surface area contributed by atoms with Crippen molar-refractivity contribution in [2.45, 2.75) is 18.6 Å². The Hall–Kier alpha value is -0.860. The second-order valence-electron chi connectivity index (χ2n) is 3.38. The molecule has 0 heterocycles. The molecular formula is C11H14O2. The standard InChI is InChI=1S/C11H14O2/c1-8-9-6-4-5-7-10(9)11(8,12-2)13-3/h4-8H,1-3H3. The molecule has 70 valence electrons. The van der Waals surface area contributed by atoms with Crippen LogP contribution in [0.3, 0.4) is 0 Å². The third-order valence-electron chi connectivity index (χ3n) is 2.98. The van der Waals surface area contributed by atoms with E-state index in [4.69, 9.17) is 9.47 Å². The molecule has 1 atom stereocenters. The molecule has 1 unspecified atom stereocenters. The van der Waals surface area contributed by atoms with Crippen LogP contribution in [0, 0.1) is 0 Å². The Balaban J connectivity index is 2.48. The molecule has 0 saturated carbocycles. The van der Waals surface area contributed by atoms with Gasteiger partial charge in [-0.25, -0.2) is 0 Å². The van der Waals surface area contributed by atoms with Gasteiger partial charge in [0, 0.05) is 25.7 Å². The zero-order chi connectivity index (χ0) is 9.47. The lowest BCUT2D eigenvalue weighted by molar-refractivity contribution is -0.246. The average molecular weight is 178 g/mol. The molecule has 0 saturated heterocycles. The van der Waals surface area contributed by atoms with E-state index in [0.717, 1.165) is 5.56 Å². The van der Waals surface area contributed by atoms with Gasteiger partial charge in [-0.05, 0) is 5.56 Å². The molecule has 13 heavy (non-hydrogen) atoms. The minimum absolute atomic E-state index is 0.318. The first kappa shape index (κ1) is 8.73. The van der Waals surface area contributed by atoms with Crippen molar-refractivity contribution in [2.24, 2.45) is 0 Å². The van der Waals surface area contributed by atoms with Crippen molar-refractivity contribution in [3.63, 3.8) is 0 Å². The van der Waals surface area contributed by atoms with Gasteiger partial charge in [-0.3, -0.25) is 0 Å². The summed E-state index contributed by atoms with van der Waals surface area (Å²) >= 11 is 0. The summed E-state index contributed by atoms with van der Waals surface area (Å²) in [6.45, 7) is 2.12. The molecule has 0 fully saturated rings. The Morgan fingerprint density at radius 2 is 1.77 bits per heavy atom. The fourth-order valence-electron chi connectivity index (χ4n) is 2.21. The fourth-order valence-corrected chi connectivity index (χ4v) is 2.21. The van der Waals surface area contributed by atoms with E-state index >= 15 is 0 Å². The van der Waals surface area contributed by atoms with E-state index in [9.17, 15) is 0 Å². The van der Waals surface area contributed by atoms with Crippen LogP contribution >= 0.6 is 0 Å². The van der Waals surface area contributed by atoms with Gasteiger partial charge >= 0.3 is 0 Å². The van der Waals surface area contributed by atoms with Crippen LogP contribution in [0.5, 0.6) is 0 Å². The van der Waals surface area contributed by atoms with Crippen molar-refractivity contribution >= 4 is 0 Å². The van der Waals surface area contributed by atoms with Gasteiger partial charge in [-0.2, -0.15) is 0 Å². The molecule has 0 bridgehead atoms. The number of hydrogen-bond acceptors (Lipinski definition) is 2. The molecule has 2 rings (SSSR count). The highest BCUT2D eigenvalue weighted by molar-refractivity contribution is 5.45. The molecule has 0 aromatic heterocycles. The lowest BCUT2D eigenvalue weighted by Crippen LogP contribution is -2.45. The van der Waals surface area contributed by atoms with Crippen molar-refractivity contribution in [1.29, 1.82) is 0 Å². The van der Waals surface area contributed by atoms with Crippen LogP contribution in [0.4, 0.5) is 0 Å². The SMILES string of the molecule is COC1(OC)c2ccccc2C1C. The number of ether oxygens (including phenoxy) is 2. The van der Waals surface area contributed by atoms with Crippen molar-refractivity contribution in [3.8, 4) is 0 Å². The highest BCUT2D eigenvalue weighted by atomic mass is 16.7. The summed E-state index contributed by atoms with van der Waals surface area (Å²) in [5, 5.41) is 0. The van der Waals surface area contributed by atoms with Crippen LogP contribution in [0.15, 0.2) is 24.3 Å². The first-order chi connectivity index (χ1) is 6.26. The number of rotatable bonds is 2. The monoisotopic (exact) mass is 178 g/mol. The van der Waals surface area contributed by atoms with Crippen molar-refractivity contribution in [3.05, 3.63) is 35.4 Å². The molecule has 0 amide bonds. The molecular weight excluding hydrogens is 164 g/mol. The molecule has 0 N–H and O–H groups in total. The number of methoxy groups -OCH3 is 2. The molecule has 1 aromatic carbocycles. The Morgan fingerprint density at radius 3 is 2.38 bits per heavy atom. The zero-order valence-corrected chi connectivity index (χ0v) is 8.20. The highest BCUT2D eigenvalue weighted by Gasteiger charge is 2.50. The minimum Gasteiger partial charge on any atom is -0.349 e. The maximum Gasteiger partial charge on any atom is 0.201 e. The second-order valence-corrected chi connectivity index (χ2v) is 3.38. The zero-order valence-electron chi connectivity index (χ0n) is 8.20. The van der Waals surface area contributed by atoms with Crippen molar-refractivity contribution in [2.75, 3.05) is 14.2 Å². The normalized spacial score (nSPS) is 23.5. The van der Waals surface area contributed by atoms with E-state index in [0.29, 0.717) is 5.92 Å². The molecule has 2 nitrogen and oxygen atoms in total. The summed E-state index contributed by atoms with van der Waals surface area (Å²) in [5.41, 5.74) is 2.48. The van der Waals surface area contributed by atoms with Crippen molar-refractivity contribution in [1.82, 2.24) is 0 Å². The van der Waals surface area contributed by atoms with Crippen LogP contribution in [0.2, 0.25) is 0 Å². The third-order valence-corrected chi connectivity index (χ3v) is 2.98. The quantitative estimate of drug-likeness (QED) is 0.647. The Morgan fingerprint density at radius 1 is 1.15 bits per heavy atom. The fraction of sp³-hybridized carbons (Fsp3) is 0.455. The van der Waals surface area contributed by atoms with Crippen LogP contribution in [-0.2, 0) is 15.3 Å². The van der Waals surface area contributed by atoms with Crippen LogP contribution in [-0.4, -0.2) is 14.2 Å². The smallest absolute Gasteiger partial charge is 0.201 e. The van der Waals surface area contributed by atoms with E-state index < -0.39 is 5.79 Å². The maximum atomic E-state index is 5.44. The lowest BCUT2D eigenvalue weighted by atomic mass is 9.72. The molecule has 0 radical (unpaired) electrons. The summed E-state index contributed by atoms with van der Waals surface area (Å²) in [6.07, 6.45) is 0. The summed E-state index contributed by atoms with van der Waals surface area (Å²) in [6, 6.07) is 8.24. The first-order valence-electron chi connectivity index (χ1n) is 4.46. The van der Waals surface area contributed by atoms with E-state index in [-0.39, 0.29) is 0 Å². The molecule has 1 aromatic rings. The largest absolute Gasteiger partial charge is 0.349 e. The predicted octanol–water partition coefficient (Wildman–Crippen LogP) is 2.25. The summed E-state index contributed by atoms with van der Waals surface area (Å²) < 4.78 is 10.9. The van der Waals surface area contributed by atoms with Gasteiger partial charge < -0.3 is 9.47 Å². The third kappa shape index (κ3) is 0.901. The van der Waals surface area contributed by atoms with E-state index in [1.165, 1.54) is 5.56 Å². The minimum atomic E-state index is -0.503. The molecule has 0 spiro atoms. The van der Waals surface area contributed by atoms with Crippen molar-refractivity contribution < 1.29 is 9.47 Å². The Kier molecular flexibility index (Phi) is 1.90. The number of fused-ring (bicyclic) bond motifs is 1. The molecule has 0 aliphatic heterocycles. The van der Waals surface area contributed by atoms with Gasteiger partial charge in [0.25, 0.3) is 0 Å². The summed E-state index contributed by atoms with van der Waals surface area (Å²) in [5.74, 6) is -0.185. The number of benzene rings is 1. The Bertz CT molecular complexity index is 316. The average Bonchev–Trinajstić information content (AvgIpc) is 2.20. The van der Waals surface area contributed by atoms with Crippen LogP contribution < -0.4 is 0 Å². The number of hydrogen-bond donors (Lipinski definition) is 0. The van der Waals surface area contributed by atoms with Gasteiger partial charge in [0.05, 0.1) is 0 Å². The van der Waals surface area contributed by atoms with Gasteiger partial charge in [-0.15, -0.1) is 0 Å². The topological polar surface area (TPSA) is 18.5 Å². The van der Waals surface area contributed by atoms with Crippen LogP contribution in [0.1, 0.15) is 24.0 Å². The summed E-state index contributed by atoms with van der Waals surface area (Å²) in [4.78, 5) is 0. The second kappa shape index (κ2) is 2.82. The lowest BCUT2D eigenvalue weighted by Gasteiger charge is -2.47. The first-order valence-corrected chi connectivity index (χ1v) is 4.46. The van der Waals surface area contributed by atoms with Gasteiger partial charge in [0.15, 0.2) is 0 Å². The highest BCUT2D eigenvalue weighted by Crippen LogP contribution is 2.52. The van der Waals surface area contributed by atoms with Gasteiger partial charge in [0.2, 0.25) is 5.79 Å². The van der Waals surface area contributed by atoms with E-state index in [2.05, 4.69) is 19.1 Å². The summed E-state index contributed by atoms with van der Waals surface area (Å²) in [7, 11) is 3.38. The molecule has 1 aliphatic carbocycles. The maximum absolute atomic E-state index is 5.44. The van der Waals surface area contributed by atoms with E-state index in [1.54, 1.807) is 14.2 Å². The van der Waals surface area contributed by atoms with E-state index in [1.807, 2.05) is 12.1 Å². The molecule has 1 aliphatic rings. The predicted molar refractivity (Wildman–Crippen MR) is 50.6 cm³/mol.